The zero-order valence-corrected chi connectivity index (χ0v) is 29.1. The van der Waals surface area contributed by atoms with Crippen LogP contribution in [-0.4, -0.2) is 84.3 Å². The molecule has 0 spiro atoms. The Bertz CT molecular complexity index is 1880. The van der Waals surface area contributed by atoms with Crippen LogP contribution in [0.1, 0.15) is 77.5 Å². The predicted molar refractivity (Wildman–Crippen MR) is 186 cm³/mol. The average Bonchev–Trinajstić information content (AvgIpc) is 3.36. The summed E-state index contributed by atoms with van der Waals surface area (Å²) in [6.07, 6.45) is 1.18. The van der Waals surface area contributed by atoms with Crippen molar-refractivity contribution in [2.75, 3.05) is 26.3 Å². The fourth-order valence-electron chi connectivity index (χ4n) is 5.61. The lowest BCUT2D eigenvalue weighted by Gasteiger charge is -2.27. The van der Waals surface area contributed by atoms with Crippen molar-refractivity contribution in [1.82, 2.24) is 20.9 Å². The van der Waals surface area contributed by atoms with Gasteiger partial charge in [-0.2, -0.15) is 0 Å². The largest absolute Gasteiger partial charge is 0.484 e. The molecule has 5 rings (SSSR count). The monoisotopic (exact) mass is 712 g/mol. The summed E-state index contributed by atoms with van der Waals surface area (Å²) in [4.78, 5) is 87.9. The molecule has 1 saturated heterocycles. The van der Waals surface area contributed by atoms with E-state index in [1.807, 2.05) is 39.0 Å². The molecule has 2 heterocycles. The Morgan fingerprint density at radius 1 is 0.808 bits per heavy atom. The van der Waals surface area contributed by atoms with E-state index in [0.29, 0.717) is 37.2 Å². The number of nitrogens with one attached hydrogen (secondary N) is 3. The summed E-state index contributed by atoms with van der Waals surface area (Å²) in [5.74, 6) is -3.18. The van der Waals surface area contributed by atoms with E-state index in [-0.39, 0.29) is 42.2 Å². The highest BCUT2D eigenvalue weighted by molar-refractivity contribution is 6.24. The van der Waals surface area contributed by atoms with Gasteiger partial charge in [0.05, 0.1) is 16.7 Å². The molecule has 0 aromatic heterocycles. The SMILES string of the molecule is CC(C)(C)OC(=O)c1cccc(-c2ccc(OCC(=O)NCCCCNC(=O)COc3cccc4c3C(=O)N(C3CCC(=O)NC3=O)C4=O)cc2)c1. The van der Waals surface area contributed by atoms with Crippen LogP contribution in [0.2, 0.25) is 0 Å². The van der Waals surface area contributed by atoms with E-state index in [9.17, 15) is 33.6 Å². The molecule has 3 aromatic rings. The van der Waals surface area contributed by atoms with Crippen LogP contribution >= 0.6 is 0 Å². The fraction of sp³-hybridized carbons (Fsp3) is 0.342. The van der Waals surface area contributed by atoms with Crippen molar-refractivity contribution in [3.8, 4) is 22.6 Å². The molecule has 3 aromatic carbocycles. The highest BCUT2D eigenvalue weighted by atomic mass is 16.6. The van der Waals surface area contributed by atoms with Gasteiger partial charge in [-0.1, -0.05) is 30.3 Å². The number of esters is 1. The summed E-state index contributed by atoms with van der Waals surface area (Å²) < 4.78 is 16.6. The minimum absolute atomic E-state index is 0.00216. The van der Waals surface area contributed by atoms with Crippen LogP contribution < -0.4 is 25.4 Å². The molecule has 0 aliphatic carbocycles. The number of fused-ring (bicyclic) bond motifs is 1. The first kappa shape index (κ1) is 37.2. The minimum Gasteiger partial charge on any atom is -0.484 e. The average molecular weight is 713 g/mol. The van der Waals surface area contributed by atoms with Crippen LogP contribution in [-0.2, 0) is 23.9 Å². The number of ether oxygens (including phenoxy) is 3. The van der Waals surface area contributed by atoms with Crippen LogP contribution in [0.15, 0.2) is 66.7 Å². The first-order chi connectivity index (χ1) is 24.8. The second-order valence-electron chi connectivity index (χ2n) is 13.2. The van der Waals surface area contributed by atoms with Crippen LogP contribution in [0.25, 0.3) is 11.1 Å². The molecule has 0 bridgehead atoms. The Labute approximate surface area is 300 Å². The maximum Gasteiger partial charge on any atom is 0.338 e. The van der Waals surface area contributed by atoms with Gasteiger partial charge < -0.3 is 24.8 Å². The van der Waals surface area contributed by atoms with Gasteiger partial charge in [0.1, 0.15) is 23.1 Å². The van der Waals surface area contributed by atoms with Gasteiger partial charge in [-0.15, -0.1) is 0 Å². The molecule has 1 fully saturated rings. The van der Waals surface area contributed by atoms with Crippen molar-refractivity contribution >= 4 is 41.4 Å². The number of carbonyl (C=O) groups excluding carboxylic acids is 7. The van der Waals surface area contributed by atoms with E-state index in [2.05, 4.69) is 16.0 Å². The summed E-state index contributed by atoms with van der Waals surface area (Å²) in [5.41, 5.74) is 1.58. The molecule has 1 atom stereocenters. The van der Waals surface area contributed by atoms with Crippen LogP contribution in [0.5, 0.6) is 11.5 Å². The van der Waals surface area contributed by atoms with E-state index in [1.54, 1.807) is 30.3 Å². The lowest BCUT2D eigenvalue weighted by Crippen LogP contribution is -2.54. The zero-order valence-electron chi connectivity index (χ0n) is 29.1. The third-order valence-electron chi connectivity index (χ3n) is 8.09. The second-order valence-corrected chi connectivity index (χ2v) is 13.2. The summed E-state index contributed by atoms with van der Waals surface area (Å²) in [5, 5.41) is 7.63. The maximum absolute atomic E-state index is 13.2. The highest BCUT2D eigenvalue weighted by Crippen LogP contribution is 2.33. The molecule has 2 aliphatic rings. The minimum atomic E-state index is -1.11. The zero-order chi connectivity index (χ0) is 37.4. The highest BCUT2D eigenvalue weighted by Gasteiger charge is 2.46. The standard InChI is InChI=1S/C38H40N4O10/c1-38(2,3)52-37(49)25-9-6-8-24(20-25)23-12-14-26(15-13-23)50-21-31(44)39-18-4-5-19-40-32(45)22-51-29-11-7-10-27-33(29)36(48)42(35(27)47)28-16-17-30(43)41-34(28)46/h6-15,20,28H,4-5,16-19,21-22H2,1-3H3,(H,39,44)(H,40,45)(H,41,43,46). The molecule has 0 saturated carbocycles. The smallest absolute Gasteiger partial charge is 0.338 e. The molecule has 1 unspecified atom stereocenters. The first-order valence-corrected chi connectivity index (χ1v) is 16.9. The second kappa shape index (κ2) is 16.3. The van der Waals surface area contributed by atoms with Gasteiger partial charge in [-0.05, 0) is 87.6 Å². The number of hydrogen-bond donors (Lipinski definition) is 3. The van der Waals surface area contributed by atoms with E-state index in [0.717, 1.165) is 16.0 Å². The maximum atomic E-state index is 13.2. The van der Waals surface area contributed by atoms with Crippen LogP contribution in [0.3, 0.4) is 0 Å². The van der Waals surface area contributed by atoms with Crippen molar-refractivity contribution in [3.63, 3.8) is 0 Å². The van der Waals surface area contributed by atoms with Crippen molar-refractivity contribution < 1.29 is 47.8 Å². The molecule has 0 radical (unpaired) electrons. The van der Waals surface area contributed by atoms with Crippen molar-refractivity contribution in [2.24, 2.45) is 0 Å². The van der Waals surface area contributed by atoms with Gasteiger partial charge in [0.25, 0.3) is 23.6 Å². The quantitative estimate of drug-likeness (QED) is 0.127. The Kier molecular flexibility index (Phi) is 11.7. The summed E-state index contributed by atoms with van der Waals surface area (Å²) in [7, 11) is 0. The predicted octanol–water partition coefficient (Wildman–Crippen LogP) is 3.18. The normalized spacial score (nSPS) is 15.4. The van der Waals surface area contributed by atoms with Gasteiger partial charge in [-0.25, -0.2) is 4.79 Å². The van der Waals surface area contributed by atoms with E-state index < -0.39 is 53.8 Å². The van der Waals surface area contributed by atoms with Crippen molar-refractivity contribution in [3.05, 3.63) is 83.4 Å². The number of benzene rings is 3. The summed E-state index contributed by atoms with van der Waals surface area (Å²) in [6, 6.07) is 17.6. The van der Waals surface area contributed by atoms with Gasteiger partial charge in [-0.3, -0.25) is 39.0 Å². The van der Waals surface area contributed by atoms with Crippen molar-refractivity contribution in [2.45, 2.75) is 58.1 Å². The molecule has 272 valence electrons. The van der Waals surface area contributed by atoms with E-state index >= 15 is 0 Å². The number of amides is 6. The Morgan fingerprint density at radius 3 is 2.12 bits per heavy atom. The number of piperidine rings is 1. The topological polar surface area (TPSA) is 187 Å². The van der Waals surface area contributed by atoms with Gasteiger partial charge in [0, 0.05) is 19.5 Å². The lowest BCUT2D eigenvalue weighted by molar-refractivity contribution is -0.136. The molecular formula is C38H40N4O10. The Balaban J connectivity index is 0.979. The molecule has 2 aliphatic heterocycles. The third-order valence-corrected chi connectivity index (χ3v) is 8.09. The number of carbonyl (C=O) groups is 7. The van der Waals surface area contributed by atoms with E-state index in [1.165, 1.54) is 18.2 Å². The fourth-order valence-corrected chi connectivity index (χ4v) is 5.61. The lowest BCUT2D eigenvalue weighted by atomic mass is 10.0. The molecule has 52 heavy (non-hydrogen) atoms. The van der Waals surface area contributed by atoms with Gasteiger partial charge in [0.2, 0.25) is 11.8 Å². The number of imide groups is 2. The number of hydrogen-bond acceptors (Lipinski definition) is 10. The van der Waals surface area contributed by atoms with Gasteiger partial charge >= 0.3 is 5.97 Å². The van der Waals surface area contributed by atoms with Crippen LogP contribution in [0, 0.1) is 0 Å². The van der Waals surface area contributed by atoms with Crippen LogP contribution in [0.4, 0.5) is 0 Å². The molecular weight excluding hydrogens is 672 g/mol. The summed E-state index contributed by atoms with van der Waals surface area (Å²) in [6.45, 7) is 5.54. The third kappa shape index (κ3) is 9.38. The Hall–Kier alpha value is -6.05. The van der Waals surface area contributed by atoms with Gasteiger partial charge in [0.15, 0.2) is 13.2 Å². The molecule has 6 amide bonds. The number of unbranched alkanes of at least 4 members (excludes halogenated alkanes) is 1. The first-order valence-electron chi connectivity index (χ1n) is 16.9. The number of rotatable bonds is 14. The molecule has 14 nitrogen and oxygen atoms in total. The number of nitrogens with zero attached hydrogens (tertiary/aromatic N) is 1. The van der Waals surface area contributed by atoms with Crippen molar-refractivity contribution in [1.29, 1.82) is 0 Å². The molecule has 14 heteroatoms. The molecule has 3 N–H and O–H groups in total. The summed E-state index contributed by atoms with van der Waals surface area (Å²) >= 11 is 0. The van der Waals surface area contributed by atoms with E-state index in [4.69, 9.17) is 14.2 Å². The Morgan fingerprint density at radius 2 is 1.46 bits per heavy atom.